The number of fused-ring (bicyclic) bond motifs is 2. The summed E-state index contributed by atoms with van der Waals surface area (Å²) in [4.78, 5) is 14.0. The molecule has 19 heavy (non-hydrogen) atoms. The Morgan fingerprint density at radius 1 is 1.21 bits per heavy atom. The van der Waals surface area contributed by atoms with E-state index in [4.69, 9.17) is 0 Å². The Balaban J connectivity index is 1.56. The molecule has 0 N–H and O–H groups in total. The van der Waals surface area contributed by atoms with Crippen LogP contribution in [0.4, 0.5) is 0 Å². The first-order chi connectivity index (χ1) is 8.94. The van der Waals surface area contributed by atoms with Crippen LogP contribution >= 0.6 is 0 Å². The van der Waals surface area contributed by atoms with Gasteiger partial charge in [0.1, 0.15) is 0 Å². The third-order valence-electron chi connectivity index (χ3n) is 5.47. The van der Waals surface area contributed by atoms with Crippen molar-refractivity contribution in [1.29, 1.82) is 0 Å². The highest BCUT2D eigenvalue weighted by molar-refractivity contribution is 7.91. The highest BCUT2D eigenvalue weighted by atomic mass is 32.2. The Labute approximate surface area is 115 Å². The summed E-state index contributed by atoms with van der Waals surface area (Å²) < 4.78 is 23.0. The van der Waals surface area contributed by atoms with Crippen LogP contribution in [0.2, 0.25) is 0 Å². The smallest absolute Gasteiger partial charge is 0.222 e. The molecule has 5 heteroatoms. The lowest BCUT2D eigenvalue weighted by atomic mass is 9.86. The molecule has 2 aliphatic carbocycles. The molecule has 3 aliphatic rings. The van der Waals surface area contributed by atoms with Crippen LogP contribution in [-0.2, 0) is 14.6 Å². The van der Waals surface area contributed by atoms with E-state index in [9.17, 15) is 13.2 Å². The lowest BCUT2D eigenvalue weighted by Gasteiger charge is -2.27. The highest BCUT2D eigenvalue weighted by Gasteiger charge is 2.41. The predicted octanol–water partition coefficient (Wildman–Crippen LogP) is 1.46. The van der Waals surface area contributed by atoms with Crippen LogP contribution in [0, 0.1) is 17.8 Å². The lowest BCUT2D eigenvalue weighted by molar-refractivity contribution is -0.132. The average Bonchev–Trinajstić information content (AvgIpc) is 3.03. The van der Waals surface area contributed by atoms with E-state index >= 15 is 0 Å². The minimum atomic E-state index is -2.90. The summed E-state index contributed by atoms with van der Waals surface area (Å²) in [7, 11) is -1.12. The molecule has 4 nitrogen and oxygen atoms in total. The molecular weight excluding hydrogens is 262 g/mol. The molecule has 1 amide bonds. The lowest BCUT2D eigenvalue weighted by Crippen LogP contribution is -2.39. The molecule has 0 spiro atoms. The first-order valence-corrected chi connectivity index (χ1v) is 9.23. The second kappa shape index (κ2) is 4.76. The maximum absolute atomic E-state index is 12.3. The number of carbonyl (C=O) groups is 1. The Morgan fingerprint density at radius 2 is 2.00 bits per heavy atom. The Morgan fingerprint density at radius 3 is 2.53 bits per heavy atom. The normalized spacial score (nSPS) is 39.6. The summed E-state index contributed by atoms with van der Waals surface area (Å²) in [5.74, 6) is 2.73. The van der Waals surface area contributed by atoms with Crippen LogP contribution in [0.3, 0.4) is 0 Å². The summed E-state index contributed by atoms with van der Waals surface area (Å²) in [5.41, 5.74) is 0. The van der Waals surface area contributed by atoms with E-state index in [0.717, 1.165) is 11.8 Å². The number of nitrogens with zero attached hydrogens (tertiary/aromatic N) is 1. The molecular formula is C14H23NO3S. The minimum Gasteiger partial charge on any atom is -0.342 e. The van der Waals surface area contributed by atoms with Gasteiger partial charge in [0.25, 0.3) is 0 Å². The number of amides is 1. The van der Waals surface area contributed by atoms with Gasteiger partial charge in [0.15, 0.2) is 9.84 Å². The van der Waals surface area contributed by atoms with Crippen molar-refractivity contribution in [3.63, 3.8) is 0 Å². The van der Waals surface area contributed by atoms with Gasteiger partial charge in [0.05, 0.1) is 11.5 Å². The Kier molecular flexibility index (Phi) is 3.36. The molecule has 108 valence electrons. The van der Waals surface area contributed by atoms with E-state index in [1.165, 1.54) is 25.7 Å². The standard InChI is InChI=1S/C14H23NO3S/c1-15(13-4-5-19(17,18)9-13)14(16)8-12-7-10-2-3-11(12)6-10/h10-13H,2-9H2,1H3. The first-order valence-electron chi connectivity index (χ1n) is 7.40. The maximum Gasteiger partial charge on any atom is 0.222 e. The van der Waals surface area contributed by atoms with Crippen molar-refractivity contribution in [3.8, 4) is 0 Å². The summed E-state index contributed by atoms with van der Waals surface area (Å²) in [6.07, 6.45) is 6.43. The van der Waals surface area contributed by atoms with Gasteiger partial charge in [0, 0.05) is 19.5 Å². The number of hydrogen-bond donors (Lipinski definition) is 0. The molecule has 2 saturated carbocycles. The van der Waals surface area contributed by atoms with Crippen molar-refractivity contribution in [3.05, 3.63) is 0 Å². The van der Waals surface area contributed by atoms with E-state index in [1.54, 1.807) is 11.9 Å². The first kappa shape index (κ1) is 13.4. The Bertz CT molecular complexity index is 473. The zero-order valence-corrected chi connectivity index (χ0v) is 12.4. The van der Waals surface area contributed by atoms with Crippen LogP contribution in [0.25, 0.3) is 0 Å². The summed E-state index contributed by atoms with van der Waals surface area (Å²) >= 11 is 0. The molecule has 0 aromatic rings. The van der Waals surface area contributed by atoms with Crippen LogP contribution in [-0.4, -0.2) is 43.8 Å². The van der Waals surface area contributed by atoms with Gasteiger partial charge in [0.2, 0.25) is 5.91 Å². The van der Waals surface area contributed by atoms with Crippen molar-refractivity contribution >= 4 is 15.7 Å². The van der Waals surface area contributed by atoms with Crippen molar-refractivity contribution in [2.45, 2.75) is 44.6 Å². The van der Waals surface area contributed by atoms with Gasteiger partial charge >= 0.3 is 0 Å². The second-order valence-electron chi connectivity index (χ2n) is 6.70. The summed E-state index contributed by atoms with van der Waals surface area (Å²) in [6, 6.07) is -0.0870. The van der Waals surface area contributed by atoms with Gasteiger partial charge < -0.3 is 4.90 Å². The van der Waals surface area contributed by atoms with E-state index in [0.29, 0.717) is 18.8 Å². The zero-order chi connectivity index (χ0) is 13.6. The SMILES string of the molecule is CN(C(=O)CC1CC2CCC1C2)C1CCS(=O)(=O)C1. The van der Waals surface area contributed by atoms with Gasteiger partial charge in [-0.05, 0) is 43.4 Å². The number of hydrogen-bond acceptors (Lipinski definition) is 3. The number of sulfone groups is 1. The average molecular weight is 285 g/mol. The number of rotatable bonds is 3. The molecule has 4 unspecified atom stereocenters. The van der Waals surface area contributed by atoms with Crippen molar-refractivity contribution < 1.29 is 13.2 Å². The largest absolute Gasteiger partial charge is 0.342 e. The molecule has 0 aromatic heterocycles. The molecule has 3 fully saturated rings. The van der Waals surface area contributed by atoms with E-state index in [2.05, 4.69) is 0 Å². The van der Waals surface area contributed by atoms with E-state index < -0.39 is 9.84 Å². The van der Waals surface area contributed by atoms with Crippen molar-refractivity contribution in [2.75, 3.05) is 18.6 Å². The molecule has 1 aliphatic heterocycles. The van der Waals surface area contributed by atoms with Crippen LogP contribution in [0.15, 0.2) is 0 Å². The fourth-order valence-electron chi connectivity index (χ4n) is 4.28. The van der Waals surface area contributed by atoms with Gasteiger partial charge in [-0.15, -0.1) is 0 Å². The van der Waals surface area contributed by atoms with Gasteiger partial charge in [-0.2, -0.15) is 0 Å². The minimum absolute atomic E-state index is 0.0870. The van der Waals surface area contributed by atoms with Gasteiger partial charge in [-0.1, -0.05) is 6.42 Å². The van der Waals surface area contributed by atoms with Crippen LogP contribution in [0.5, 0.6) is 0 Å². The highest BCUT2D eigenvalue weighted by Crippen LogP contribution is 2.49. The molecule has 3 rings (SSSR count). The van der Waals surface area contributed by atoms with Crippen molar-refractivity contribution in [1.82, 2.24) is 4.90 Å². The zero-order valence-electron chi connectivity index (χ0n) is 11.5. The van der Waals surface area contributed by atoms with Gasteiger partial charge in [-0.25, -0.2) is 8.42 Å². The number of carbonyl (C=O) groups excluding carboxylic acids is 1. The van der Waals surface area contributed by atoms with Crippen molar-refractivity contribution in [2.24, 2.45) is 17.8 Å². The molecule has 4 atom stereocenters. The molecule has 0 radical (unpaired) electrons. The fraction of sp³-hybridized carbons (Fsp3) is 0.929. The summed E-state index contributed by atoms with van der Waals surface area (Å²) in [5, 5.41) is 0. The molecule has 2 bridgehead atoms. The monoisotopic (exact) mass is 285 g/mol. The fourth-order valence-corrected chi connectivity index (χ4v) is 6.05. The molecule has 1 heterocycles. The van der Waals surface area contributed by atoms with Crippen LogP contribution < -0.4 is 0 Å². The van der Waals surface area contributed by atoms with E-state index in [1.807, 2.05) is 0 Å². The molecule has 0 aromatic carbocycles. The summed E-state index contributed by atoms with van der Waals surface area (Å²) in [6.45, 7) is 0. The third-order valence-corrected chi connectivity index (χ3v) is 7.22. The van der Waals surface area contributed by atoms with E-state index in [-0.39, 0.29) is 23.5 Å². The maximum atomic E-state index is 12.3. The molecule has 1 saturated heterocycles. The predicted molar refractivity (Wildman–Crippen MR) is 73.4 cm³/mol. The Hall–Kier alpha value is -0.580. The second-order valence-corrected chi connectivity index (χ2v) is 8.93. The van der Waals surface area contributed by atoms with Crippen LogP contribution in [0.1, 0.15) is 38.5 Å². The van der Waals surface area contributed by atoms with Gasteiger partial charge in [-0.3, -0.25) is 4.79 Å². The third kappa shape index (κ3) is 2.67. The quantitative estimate of drug-likeness (QED) is 0.789. The topological polar surface area (TPSA) is 54.5 Å².